The number of ether oxygens (including phenoxy) is 1. The van der Waals surface area contributed by atoms with Crippen LogP contribution in [0.4, 0.5) is 5.69 Å². The van der Waals surface area contributed by atoms with E-state index >= 15 is 0 Å². The maximum Gasteiger partial charge on any atom is 0.241 e. The van der Waals surface area contributed by atoms with Crippen molar-refractivity contribution in [2.24, 2.45) is 11.1 Å². The van der Waals surface area contributed by atoms with Crippen LogP contribution >= 0.6 is 0 Å². The molecule has 0 bridgehead atoms. The number of nitrogens with two attached hydrogens (primary N) is 1. The highest BCUT2D eigenvalue weighted by Gasteiger charge is 2.27. The van der Waals surface area contributed by atoms with Crippen molar-refractivity contribution in [1.29, 1.82) is 5.26 Å². The van der Waals surface area contributed by atoms with Gasteiger partial charge in [-0.1, -0.05) is 20.8 Å². The molecule has 0 aliphatic carbocycles. The largest absolute Gasteiger partial charge is 0.479 e. The van der Waals surface area contributed by atoms with E-state index in [1.807, 2.05) is 26.8 Å². The van der Waals surface area contributed by atoms with E-state index in [-0.39, 0.29) is 17.9 Å². The lowest BCUT2D eigenvalue weighted by atomic mass is 9.87. The summed E-state index contributed by atoms with van der Waals surface area (Å²) in [6.07, 6.45) is 0. The second kappa shape index (κ2) is 6.21. The van der Waals surface area contributed by atoms with Gasteiger partial charge in [-0.15, -0.1) is 0 Å². The van der Waals surface area contributed by atoms with Crippen molar-refractivity contribution >= 4 is 11.6 Å². The van der Waals surface area contributed by atoms with Crippen molar-refractivity contribution in [3.8, 4) is 11.8 Å². The molecule has 1 aromatic rings. The summed E-state index contributed by atoms with van der Waals surface area (Å²) in [4.78, 5) is 11.9. The summed E-state index contributed by atoms with van der Waals surface area (Å²) in [5, 5.41) is 11.1. The van der Waals surface area contributed by atoms with Crippen LogP contribution in [0.2, 0.25) is 0 Å². The molecule has 0 heterocycles. The van der Waals surface area contributed by atoms with Crippen molar-refractivity contribution in [1.82, 2.24) is 0 Å². The SMILES string of the molecule is CC(C)(C)C(N)C(=O)Nc1ccc(OCC#N)cc1. The smallest absolute Gasteiger partial charge is 0.241 e. The molecule has 3 N–H and O–H groups in total. The molecular weight excluding hydrogens is 242 g/mol. The van der Waals surface area contributed by atoms with Crippen molar-refractivity contribution < 1.29 is 9.53 Å². The fourth-order valence-electron chi connectivity index (χ4n) is 1.36. The van der Waals surface area contributed by atoms with Gasteiger partial charge >= 0.3 is 0 Å². The number of carbonyl (C=O) groups is 1. The molecule has 0 spiro atoms. The van der Waals surface area contributed by atoms with Gasteiger partial charge in [0.05, 0.1) is 6.04 Å². The summed E-state index contributed by atoms with van der Waals surface area (Å²) in [6.45, 7) is 5.74. The van der Waals surface area contributed by atoms with Crippen LogP contribution in [-0.2, 0) is 4.79 Å². The van der Waals surface area contributed by atoms with Crippen LogP contribution in [0.25, 0.3) is 0 Å². The van der Waals surface area contributed by atoms with Gasteiger partial charge in [-0.05, 0) is 29.7 Å². The Bertz CT molecular complexity index is 469. The van der Waals surface area contributed by atoms with Crippen LogP contribution in [-0.4, -0.2) is 18.6 Å². The number of anilines is 1. The zero-order chi connectivity index (χ0) is 14.5. The minimum Gasteiger partial charge on any atom is -0.479 e. The number of nitrogens with zero attached hydrogens (tertiary/aromatic N) is 1. The van der Waals surface area contributed by atoms with E-state index in [0.717, 1.165) is 0 Å². The Labute approximate surface area is 113 Å². The lowest BCUT2D eigenvalue weighted by Crippen LogP contribution is -2.45. The third-order valence-electron chi connectivity index (χ3n) is 2.64. The standard InChI is InChI=1S/C14H19N3O2/c1-14(2,3)12(16)13(18)17-10-4-6-11(7-5-10)19-9-8-15/h4-7,12H,9,16H2,1-3H3,(H,17,18). The van der Waals surface area contributed by atoms with Crippen molar-refractivity contribution in [2.75, 3.05) is 11.9 Å². The molecule has 0 aliphatic heterocycles. The predicted molar refractivity (Wildman–Crippen MR) is 73.6 cm³/mol. The first-order valence-corrected chi connectivity index (χ1v) is 6.01. The second-order valence-corrected chi connectivity index (χ2v) is 5.30. The molecule has 5 nitrogen and oxygen atoms in total. The van der Waals surface area contributed by atoms with Crippen LogP contribution in [0.3, 0.4) is 0 Å². The molecule has 1 unspecified atom stereocenters. The second-order valence-electron chi connectivity index (χ2n) is 5.30. The van der Waals surface area contributed by atoms with Gasteiger partial charge in [-0.25, -0.2) is 0 Å². The number of carbonyl (C=O) groups excluding carboxylic acids is 1. The summed E-state index contributed by atoms with van der Waals surface area (Å²) in [5.74, 6) is 0.359. The molecule has 1 aromatic carbocycles. The van der Waals surface area contributed by atoms with E-state index in [4.69, 9.17) is 15.7 Å². The number of amides is 1. The first-order valence-electron chi connectivity index (χ1n) is 6.01. The summed E-state index contributed by atoms with van der Waals surface area (Å²) in [5.41, 5.74) is 6.22. The number of rotatable bonds is 4. The van der Waals surface area contributed by atoms with Crippen LogP contribution in [0.1, 0.15) is 20.8 Å². The molecule has 1 atom stereocenters. The Morgan fingerprint density at radius 2 is 2.00 bits per heavy atom. The highest BCUT2D eigenvalue weighted by atomic mass is 16.5. The fourth-order valence-corrected chi connectivity index (χ4v) is 1.36. The molecule has 0 radical (unpaired) electrons. The van der Waals surface area contributed by atoms with Gasteiger partial charge in [0, 0.05) is 5.69 Å². The predicted octanol–water partition coefficient (Wildman–Crippen LogP) is 1.90. The lowest BCUT2D eigenvalue weighted by molar-refractivity contribution is -0.119. The van der Waals surface area contributed by atoms with E-state index in [9.17, 15) is 4.79 Å². The highest BCUT2D eigenvalue weighted by molar-refractivity contribution is 5.95. The maximum atomic E-state index is 11.9. The number of benzene rings is 1. The zero-order valence-electron chi connectivity index (χ0n) is 11.4. The number of nitrogens with one attached hydrogen (secondary N) is 1. The minimum atomic E-state index is -0.581. The molecule has 0 saturated heterocycles. The molecule has 1 amide bonds. The van der Waals surface area contributed by atoms with Gasteiger partial charge in [-0.2, -0.15) is 5.26 Å². The average molecular weight is 261 g/mol. The van der Waals surface area contributed by atoms with Crippen LogP contribution in [0.5, 0.6) is 5.75 Å². The third-order valence-corrected chi connectivity index (χ3v) is 2.64. The molecule has 0 aliphatic rings. The first kappa shape index (κ1) is 15.0. The summed E-state index contributed by atoms with van der Waals surface area (Å²) in [6, 6.07) is 8.10. The Morgan fingerprint density at radius 3 is 2.47 bits per heavy atom. The van der Waals surface area contributed by atoms with Crippen LogP contribution in [0.15, 0.2) is 24.3 Å². The Hall–Kier alpha value is -2.06. The van der Waals surface area contributed by atoms with Crippen molar-refractivity contribution in [2.45, 2.75) is 26.8 Å². The number of hydrogen-bond donors (Lipinski definition) is 2. The van der Waals surface area contributed by atoms with Crippen molar-refractivity contribution in [3.05, 3.63) is 24.3 Å². The van der Waals surface area contributed by atoms with E-state index in [2.05, 4.69) is 5.32 Å². The number of nitriles is 1. The fraction of sp³-hybridized carbons (Fsp3) is 0.429. The third kappa shape index (κ3) is 4.60. The lowest BCUT2D eigenvalue weighted by Gasteiger charge is -2.25. The van der Waals surface area contributed by atoms with E-state index < -0.39 is 6.04 Å². The number of hydrogen-bond acceptors (Lipinski definition) is 4. The zero-order valence-corrected chi connectivity index (χ0v) is 11.4. The Kier molecular flexibility index (Phi) is 4.90. The molecule has 0 fully saturated rings. The van der Waals surface area contributed by atoms with Crippen molar-refractivity contribution in [3.63, 3.8) is 0 Å². The normalized spacial score (nSPS) is 12.4. The summed E-state index contributed by atoms with van der Waals surface area (Å²) in [7, 11) is 0. The highest BCUT2D eigenvalue weighted by Crippen LogP contribution is 2.20. The molecule has 5 heteroatoms. The molecule has 0 aromatic heterocycles. The summed E-state index contributed by atoms with van der Waals surface area (Å²) < 4.78 is 5.12. The van der Waals surface area contributed by atoms with Gasteiger partial charge in [0.1, 0.15) is 11.8 Å². The van der Waals surface area contributed by atoms with Gasteiger partial charge in [-0.3, -0.25) is 4.79 Å². The molecule has 1 rings (SSSR count). The first-order chi connectivity index (χ1) is 8.84. The summed E-state index contributed by atoms with van der Waals surface area (Å²) >= 11 is 0. The molecule has 102 valence electrons. The van der Waals surface area contributed by atoms with Gasteiger partial charge < -0.3 is 15.8 Å². The quantitative estimate of drug-likeness (QED) is 0.866. The van der Waals surface area contributed by atoms with E-state index in [0.29, 0.717) is 11.4 Å². The van der Waals surface area contributed by atoms with Gasteiger partial charge in [0.2, 0.25) is 5.91 Å². The molecule has 19 heavy (non-hydrogen) atoms. The van der Waals surface area contributed by atoms with Gasteiger partial charge in [0.15, 0.2) is 6.61 Å². The van der Waals surface area contributed by atoms with Crippen LogP contribution < -0.4 is 15.8 Å². The molecular formula is C14H19N3O2. The van der Waals surface area contributed by atoms with E-state index in [1.54, 1.807) is 24.3 Å². The Balaban J connectivity index is 2.63. The Morgan fingerprint density at radius 1 is 1.42 bits per heavy atom. The monoisotopic (exact) mass is 261 g/mol. The topological polar surface area (TPSA) is 88.1 Å². The molecule has 0 saturated carbocycles. The van der Waals surface area contributed by atoms with Crippen LogP contribution in [0, 0.1) is 16.7 Å². The maximum absolute atomic E-state index is 11.9. The average Bonchev–Trinajstić information content (AvgIpc) is 2.36. The van der Waals surface area contributed by atoms with E-state index in [1.165, 1.54) is 0 Å². The van der Waals surface area contributed by atoms with Gasteiger partial charge in [0.25, 0.3) is 0 Å². The minimum absolute atomic E-state index is 0.000599.